The molecule has 3 rings (SSSR count). The van der Waals surface area contributed by atoms with E-state index in [1.165, 1.54) is 0 Å². The van der Waals surface area contributed by atoms with Gasteiger partial charge in [-0.3, -0.25) is 9.59 Å². The first kappa shape index (κ1) is 14.8. The summed E-state index contributed by atoms with van der Waals surface area (Å²) in [5, 5.41) is 0. The van der Waals surface area contributed by atoms with E-state index in [1.807, 2.05) is 9.80 Å². The van der Waals surface area contributed by atoms with Gasteiger partial charge in [0, 0.05) is 38.0 Å². The van der Waals surface area contributed by atoms with Crippen molar-refractivity contribution in [1.82, 2.24) is 9.80 Å². The third-order valence-corrected chi connectivity index (χ3v) is 5.14. The van der Waals surface area contributed by atoms with E-state index in [2.05, 4.69) is 0 Å². The standard InChI is InChI=1S/C16H26N2O3/c19-15(17-7-3-4-8-17)13-5-1-2-6-14(13)16(20)18-9-11-21-12-10-18/h13-14H,1-12H2. The van der Waals surface area contributed by atoms with Crippen LogP contribution in [0.4, 0.5) is 0 Å². The lowest BCUT2D eigenvalue weighted by Gasteiger charge is -2.36. The van der Waals surface area contributed by atoms with Gasteiger partial charge in [0.15, 0.2) is 0 Å². The Morgan fingerprint density at radius 1 is 0.714 bits per heavy atom. The zero-order valence-electron chi connectivity index (χ0n) is 12.8. The summed E-state index contributed by atoms with van der Waals surface area (Å²) in [6, 6.07) is 0. The summed E-state index contributed by atoms with van der Waals surface area (Å²) in [4.78, 5) is 29.4. The number of rotatable bonds is 2. The number of hydrogen-bond acceptors (Lipinski definition) is 3. The molecule has 0 bridgehead atoms. The number of carbonyl (C=O) groups excluding carboxylic acids is 2. The van der Waals surface area contributed by atoms with Gasteiger partial charge in [-0.2, -0.15) is 0 Å². The minimum atomic E-state index is -0.0926. The molecule has 1 aliphatic carbocycles. The van der Waals surface area contributed by atoms with Gasteiger partial charge in [0.1, 0.15) is 0 Å². The van der Waals surface area contributed by atoms with Crippen LogP contribution >= 0.6 is 0 Å². The number of nitrogens with zero attached hydrogens (tertiary/aromatic N) is 2. The predicted octanol–water partition coefficient (Wildman–Crippen LogP) is 1.27. The average molecular weight is 294 g/mol. The summed E-state index contributed by atoms with van der Waals surface area (Å²) in [5.41, 5.74) is 0. The van der Waals surface area contributed by atoms with Crippen molar-refractivity contribution in [3.8, 4) is 0 Å². The molecule has 2 aliphatic heterocycles. The number of hydrogen-bond donors (Lipinski definition) is 0. The largest absolute Gasteiger partial charge is 0.378 e. The molecule has 0 aromatic rings. The Hall–Kier alpha value is -1.10. The first-order valence-corrected chi connectivity index (χ1v) is 8.42. The molecule has 2 amide bonds. The molecule has 3 fully saturated rings. The highest BCUT2D eigenvalue weighted by Crippen LogP contribution is 2.33. The zero-order valence-corrected chi connectivity index (χ0v) is 12.8. The quantitative estimate of drug-likeness (QED) is 0.771. The van der Waals surface area contributed by atoms with Gasteiger partial charge in [0.05, 0.1) is 13.2 Å². The van der Waals surface area contributed by atoms with Crippen molar-refractivity contribution < 1.29 is 14.3 Å². The molecule has 5 heteroatoms. The van der Waals surface area contributed by atoms with Crippen LogP contribution in [0.5, 0.6) is 0 Å². The number of morpholine rings is 1. The summed E-state index contributed by atoms with van der Waals surface area (Å²) in [5.74, 6) is 0.256. The van der Waals surface area contributed by atoms with E-state index >= 15 is 0 Å². The van der Waals surface area contributed by atoms with Crippen LogP contribution in [0.2, 0.25) is 0 Å². The molecule has 21 heavy (non-hydrogen) atoms. The van der Waals surface area contributed by atoms with Gasteiger partial charge < -0.3 is 14.5 Å². The Balaban J connectivity index is 1.68. The zero-order chi connectivity index (χ0) is 14.7. The SMILES string of the molecule is O=C(C1CCCCC1C(=O)N1CCOCC1)N1CCCC1. The van der Waals surface area contributed by atoms with Gasteiger partial charge in [0.2, 0.25) is 11.8 Å². The van der Waals surface area contributed by atoms with Gasteiger partial charge in [-0.25, -0.2) is 0 Å². The second-order valence-electron chi connectivity index (χ2n) is 6.47. The van der Waals surface area contributed by atoms with Crippen LogP contribution in [-0.2, 0) is 14.3 Å². The molecule has 2 heterocycles. The molecule has 0 aromatic carbocycles. The van der Waals surface area contributed by atoms with Crippen molar-refractivity contribution in [3.05, 3.63) is 0 Å². The van der Waals surface area contributed by atoms with Crippen molar-refractivity contribution in [3.63, 3.8) is 0 Å². The molecule has 2 saturated heterocycles. The third-order valence-electron chi connectivity index (χ3n) is 5.14. The Labute approximate surface area is 126 Å². The van der Waals surface area contributed by atoms with Crippen molar-refractivity contribution in [2.75, 3.05) is 39.4 Å². The monoisotopic (exact) mass is 294 g/mol. The fourth-order valence-corrected chi connectivity index (χ4v) is 3.91. The van der Waals surface area contributed by atoms with Gasteiger partial charge >= 0.3 is 0 Å². The minimum Gasteiger partial charge on any atom is -0.378 e. The maximum absolute atomic E-state index is 12.8. The minimum absolute atomic E-state index is 0.0767. The molecule has 2 unspecified atom stereocenters. The van der Waals surface area contributed by atoms with Gasteiger partial charge in [-0.05, 0) is 25.7 Å². The highest BCUT2D eigenvalue weighted by molar-refractivity contribution is 5.88. The van der Waals surface area contributed by atoms with E-state index in [0.717, 1.165) is 51.6 Å². The highest BCUT2D eigenvalue weighted by Gasteiger charge is 2.40. The number of carbonyl (C=O) groups is 2. The Morgan fingerprint density at radius 2 is 1.19 bits per heavy atom. The lowest BCUT2D eigenvalue weighted by Crippen LogP contribution is -2.49. The highest BCUT2D eigenvalue weighted by atomic mass is 16.5. The Kier molecular flexibility index (Phi) is 4.78. The van der Waals surface area contributed by atoms with Crippen molar-refractivity contribution in [1.29, 1.82) is 0 Å². The van der Waals surface area contributed by atoms with Crippen LogP contribution < -0.4 is 0 Å². The van der Waals surface area contributed by atoms with Crippen LogP contribution in [0.1, 0.15) is 38.5 Å². The first-order chi connectivity index (χ1) is 10.3. The second-order valence-corrected chi connectivity index (χ2v) is 6.47. The van der Waals surface area contributed by atoms with Crippen molar-refractivity contribution >= 4 is 11.8 Å². The lowest BCUT2D eigenvalue weighted by atomic mass is 9.77. The summed E-state index contributed by atoms with van der Waals surface area (Å²) >= 11 is 0. The molecule has 3 aliphatic rings. The maximum Gasteiger partial charge on any atom is 0.226 e. The van der Waals surface area contributed by atoms with Crippen LogP contribution in [-0.4, -0.2) is 61.0 Å². The molecule has 118 valence electrons. The number of amides is 2. The molecular formula is C16H26N2O3. The van der Waals surface area contributed by atoms with Crippen LogP contribution in [0.25, 0.3) is 0 Å². The van der Waals surface area contributed by atoms with Crippen molar-refractivity contribution in [2.45, 2.75) is 38.5 Å². The topological polar surface area (TPSA) is 49.9 Å². The molecule has 0 aromatic heterocycles. The van der Waals surface area contributed by atoms with Crippen LogP contribution in [0, 0.1) is 11.8 Å². The van der Waals surface area contributed by atoms with Crippen LogP contribution in [0.3, 0.4) is 0 Å². The summed E-state index contributed by atoms with van der Waals surface area (Å²) < 4.78 is 5.32. The summed E-state index contributed by atoms with van der Waals surface area (Å²) in [6.07, 6.45) is 6.14. The molecular weight excluding hydrogens is 268 g/mol. The van der Waals surface area contributed by atoms with E-state index < -0.39 is 0 Å². The Morgan fingerprint density at radius 3 is 1.71 bits per heavy atom. The Bertz CT molecular complexity index is 387. The number of likely N-dealkylation sites (tertiary alicyclic amines) is 1. The molecule has 5 nitrogen and oxygen atoms in total. The number of ether oxygens (including phenoxy) is 1. The normalized spacial score (nSPS) is 30.5. The van der Waals surface area contributed by atoms with Gasteiger partial charge in [-0.15, -0.1) is 0 Å². The van der Waals surface area contributed by atoms with E-state index in [4.69, 9.17) is 4.74 Å². The second kappa shape index (κ2) is 6.77. The lowest BCUT2D eigenvalue weighted by molar-refractivity contribution is -0.150. The summed E-state index contributed by atoms with van der Waals surface area (Å²) in [7, 11) is 0. The van der Waals surface area contributed by atoms with E-state index in [1.54, 1.807) is 0 Å². The molecule has 0 spiro atoms. The smallest absolute Gasteiger partial charge is 0.226 e. The maximum atomic E-state index is 12.8. The van der Waals surface area contributed by atoms with Gasteiger partial charge in [0.25, 0.3) is 0 Å². The summed E-state index contributed by atoms with van der Waals surface area (Å²) in [6.45, 7) is 4.38. The van der Waals surface area contributed by atoms with E-state index in [9.17, 15) is 9.59 Å². The van der Waals surface area contributed by atoms with E-state index in [0.29, 0.717) is 26.3 Å². The average Bonchev–Trinajstić information content (AvgIpc) is 3.09. The third kappa shape index (κ3) is 3.23. The molecule has 1 saturated carbocycles. The fourth-order valence-electron chi connectivity index (χ4n) is 3.91. The molecule has 0 radical (unpaired) electrons. The van der Waals surface area contributed by atoms with E-state index in [-0.39, 0.29) is 23.7 Å². The fraction of sp³-hybridized carbons (Fsp3) is 0.875. The van der Waals surface area contributed by atoms with Crippen LogP contribution in [0.15, 0.2) is 0 Å². The van der Waals surface area contributed by atoms with Gasteiger partial charge in [-0.1, -0.05) is 12.8 Å². The molecule has 2 atom stereocenters. The first-order valence-electron chi connectivity index (χ1n) is 8.42. The van der Waals surface area contributed by atoms with Crippen molar-refractivity contribution in [2.24, 2.45) is 11.8 Å². The molecule has 0 N–H and O–H groups in total. The predicted molar refractivity (Wildman–Crippen MR) is 78.7 cm³/mol.